The Balaban J connectivity index is 0.00000195. The average Bonchev–Trinajstić information content (AvgIpc) is 3.35. The number of carbonyl (C=O) groups is 2. The molecule has 0 bridgehead atoms. The van der Waals surface area contributed by atoms with Gasteiger partial charge in [0.25, 0.3) is 5.91 Å². The van der Waals surface area contributed by atoms with Gasteiger partial charge in [-0.1, -0.05) is 73.2 Å². The zero-order chi connectivity index (χ0) is 27.8. The summed E-state index contributed by atoms with van der Waals surface area (Å²) in [6, 6.07) is 14.3. The van der Waals surface area contributed by atoms with Crippen molar-refractivity contribution in [1.82, 2.24) is 10.3 Å². The molecule has 1 aliphatic rings. The van der Waals surface area contributed by atoms with Crippen molar-refractivity contribution in [3.05, 3.63) is 87.0 Å². The Hall–Kier alpha value is -4.02. The second-order valence-corrected chi connectivity index (χ2v) is 9.40. The lowest BCUT2D eigenvalue weighted by Gasteiger charge is -2.25. The number of amidine groups is 1. The number of carbonyl (C=O) groups excluding carboxylic acids is 1. The largest absolute Gasteiger partial charge is 0.477 e. The van der Waals surface area contributed by atoms with E-state index in [1.165, 1.54) is 6.20 Å². The quantitative estimate of drug-likeness (QED) is 0.218. The Kier molecular flexibility index (Phi) is 9.75. The third kappa shape index (κ3) is 6.84. The Morgan fingerprint density at radius 3 is 2.42 bits per heavy atom. The number of carboxylic acid groups (broad SMARTS) is 1. The van der Waals surface area contributed by atoms with Gasteiger partial charge in [0, 0.05) is 22.0 Å². The first kappa shape index (κ1) is 28.5. The van der Waals surface area contributed by atoms with Gasteiger partial charge < -0.3 is 15.7 Å². The van der Waals surface area contributed by atoms with Crippen LogP contribution in [-0.4, -0.2) is 33.8 Å². The maximum atomic E-state index is 13.3. The Morgan fingerprint density at radius 1 is 1.08 bits per heavy atom. The predicted octanol–water partition coefficient (Wildman–Crippen LogP) is 6.27. The number of aromatic carboxylic acids is 1. The fraction of sp³-hybridized carbons (Fsp3) is 0.222. The lowest BCUT2D eigenvalue weighted by atomic mass is 9.95. The normalized spacial score (nSPS) is 15.1. The minimum absolute atomic E-state index is 0.0201. The van der Waals surface area contributed by atoms with E-state index in [9.17, 15) is 9.59 Å². The number of allylic oxidation sites excluding steroid dienone is 1. The van der Waals surface area contributed by atoms with Crippen LogP contribution in [-0.2, 0) is 4.79 Å². The molecule has 198 valence electrons. The molecule has 0 spiro atoms. The Morgan fingerprint density at radius 2 is 1.76 bits per heavy atom. The molecule has 11 heteroatoms. The number of para-hydroxylation sites is 1. The van der Waals surface area contributed by atoms with Crippen LogP contribution in [0.5, 0.6) is 0 Å². The molecule has 0 saturated heterocycles. The minimum Gasteiger partial charge on any atom is -0.477 e. The van der Waals surface area contributed by atoms with E-state index in [0.717, 1.165) is 22.6 Å². The van der Waals surface area contributed by atoms with E-state index >= 15 is 0 Å². The van der Waals surface area contributed by atoms with Gasteiger partial charge in [-0.05, 0) is 38.5 Å². The number of nitrogens with one attached hydrogen (secondary N) is 3. The summed E-state index contributed by atoms with van der Waals surface area (Å²) in [5, 5.41) is 18.8. The van der Waals surface area contributed by atoms with Crippen LogP contribution in [0.3, 0.4) is 0 Å². The summed E-state index contributed by atoms with van der Waals surface area (Å²) in [5.74, 6) is -0.663. The van der Waals surface area contributed by atoms with E-state index in [1.54, 1.807) is 25.1 Å². The molecule has 0 saturated carbocycles. The van der Waals surface area contributed by atoms with Gasteiger partial charge in [0.05, 0.1) is 11.8 Å². The average molecular weight is 553 g/mol. The number of guanidine groups is 1. The Bertz CT molecular complexity index is 1430. The lowest BCUT2D eigenvalue weighted by molar-refractivity contribution is -0.113. The molecular formula is C27H29ClN6O3S. The van der Waals surface area contributed by atoms with Crippen LogP contribution in [0.1, 0.15) is 54.5 Å². The van der Waals surface area contributed by atoms with Gasteiger partial charge in [-0.3, -0.25) is 10.1 Å². The van der Waals surface area contributed by atoms with Gasteiger partial charge in [0.1, 0.15) is 16.8 Å². The van der Waals surface area contributed by atoms with Crippen molar-refractivity contribution in [3.8, 4) is 0 Å². The highest BCUT2D eigenvalue weighted by Crippen LogP contribution is 2.35. The summed E-state index contributed by atoms with van der Waals surface area (Å²) >= 11 is 7.35. The summed E-state index contributed by atoms with van der Waals surface area (Å²) in [5.41, 5.74) is 3.48. The van der Waals surface area contributed by atoms with E-state index in [-0.39, 0.29) is 10.0 Å². The fourth-order valence-electron chi connectivity index (χ4n) is 3.62. The molecule has 4 rings (SSSR count). The summed E-state index contributed by atoms with van der Waals surface area (Å²) in [6.07, 6.45) is 1.20. The third-order valence-corrected chi connectivity index (χ3v) is 6.59. The van der Waals surface area contributed by atoms with Gasteiger partial charge >= 0.3 is 5.97 Å². The first-order chi connectivity index (χ1) is 18.2. The maximum Gasteiger partial charge on any atom is 0.347 e. The van der Waals surface area contributed by atoms with Crippen molar-refractivity contribution in [2.24, 2.45) is 9.98 Å². The van der Waals surface area contributed by atoms with Crippen molar-refractivity contribution < 1.29 is 14.7 Å². The predicted molar refractivity (Wildman–Crippen MR) is 154 cm³/mol. The molecule has 0 aliphatic carbocycles. The number of carboxylic acids is 1. The summed E-state index contributed by atoms with van der Waals surface area (Å²) < 4.78 is 0. The number of aryl methyl sites for hydroxylation is 1. The molecule has 1 atom stereocenters. The molecule has 1 amide bonds. The number of hydrogen-bond acceptors (Lipinski definition) is 7. The topological polar surface area (TPSA) is 128 Å². The summed E-state index contributed by atoms with van der Waals surface area (Å²) in [6.45, 7) is 9.57. The van der Waals surface area contributed by atoms with E-state index in [4.69, 9.17) is 21.7 Å². The second-order valence-electron chi connectivity index (χ2n) is 7.97. The molecule has 1 aromatic heterocycles. The summed E-state index contributed by atoms with van der Waals surface area (Å²) in [4.78, 5) is 37.8. The molecule has 0 fully saturated rings. The standard InChI is InChI=1S/C25H23ClN6O3S.C2H6/c1-13-8-4-7-11-18(13)29-15(3)30-24-28-14(2)20(21(31-24)16-9-5-6-10-17(16)26)22(33)32-25-27-12-19(36-25)23(34)35;1-2/h4-12,21H,1-3H3,(H,34,35)(H,27,32,33)(H2,28,29,30,31);1-2H3. The smallest absolute Gasteiger partial charge is 0.347 e. The number of anilines is 2. The first-order valence-corrected chi connectivity index (χ1v) is 13.1. The highest BCUT2D eigenvalue weighted by molar-refractivity contribution is 7.17. The van der Waals surface area contributed by atoms with Crippen LogP contribution in [0, 0.1) is 6.92 Å². The number of halogens is 1. The van der Waals surface area contributed by atoms with Crippen molar-refractivity contribution in [3.63, 3.8) is 0 Å². The first-order valence-electron chi connectivity index (χ1n) is 11.9. The molecule has 0 radical (unpaired) electrons. The number of thiazole rings is 1. The summed E-state index contributed by atoms with van der Waals surface area (Å²) in [7, 11) is 0. The van der Waals surface area contributed by atoms with Crippen molar-refractivity contribution in [2.75, 3.05) is 10.6 Å². The van der Waals surface area contributed by atoms with Gasteiger partial charge in [0.2, 0.25) is 5.96 Å². The molecule has 9 nitrogen and oxygen atoms in total. The third-order valence-electron chi connectivity index (χ3n) is 5.34. The van der Waals surface area contributed by atoms with Gasteiger partial charge in [-0.15, -0.1) is 0 Å². The van der Waals surface area contributed by atoms with Gasteiger partial charge in [-0.2, -0.15) is 0 Å². The number of rotatable bonds is 5. The van der Waals surface area contributed by atoms with Crippen LogP contribution in [0.2, 0.25) is 5.02 Å². The van der Waals surface area contributed by atoms with Gasteiger partial charge in [-0.25, -0.2) is 19.8 Å². The maximum absolute atomic E-state index is 13.3. The molecule has 1 aliphatic heterocycles. The molecule has 38 heavy (non-hydrogen) atoms. The highest BCUT2D eigenvalue weighted by Gasteiger charge is 2.31. The number of nitrogens with zero attached hydrogens (tertiary/aromatic N) is 3. The van der Waals surface area contributed by atoms with E-state index < -0.39 is 17.9 Å². The van der Waals surface area contributed by atoms with Crippen LogP contribution < -0.4 is 16.0 Å². The number of hydrogen-bond donors (Lipinski definition) is 4. The van der Waals surface area contributed by atoms with E-state index in [2.05, 4.69) is 25.9 Å². The van der Waals surface area contributed by atoms with Crippen molar-refractivity contribution in [2.45, 2.75) is 40.7 Å². The van der Waals surface area contributed by atoms with Crippen molar-refractivity contribution in [1.29, 1.82) is 0 Å². The van der Waals surface area contributed by atoms with Crippen LogP contribution >= 0.6 is 22.9 Å². The Labute approximate surface area is 230 Å². The molecule has 4 N–H and O–H groups in total. The zero-order valence-corrected chi connectivity index (χ0v) is 23.2. The lowest BCUT2D eigenvalue weighted by Crippen LogP contribution is -2.33. The molecule has 2 heterocycles. The molecule has 3 aromatic rings. The number of benzene rings is 2. The molecule has 2 aromatic carbocycles. The highest BCUT2D eigenvalue weighted by atomic mass is 35.5. The SMILES string of the molecule is CC.CC1=C(C(=O)Nc2ncc(C(=O)O)s2)C(c2ccccc2Cl)N=C(/N=C(/C)Nc2ccccc2C)N1. The second kappa shape index (κ2) is 13.0. The fourth-order valence-corrected chi connectivity index (χ4v) is 4.51. The molecular weight excluding hydrogens is 524 g/mol. The zero-order valence-electron chi connectivity index (χ0n) is 21.7. The van der Waals surface area contributed by atoms with Crippen LogP contribution in [0.15, 0.2) is 76.0 Å². The van der Waals surface area contributed by atoms with Gasteiger partial charge in [0.15, 0.2) is 5.13 Å². The minimum atomic E-state index is -1.11. The molecule has 1 unspecified atom stereocenters. The van der Waals surface area contributed by atoms with Crippen molar-refractivity contribution >= 4 is 57.4 Å². The number of aliphatic imine (C=N–C) groups is 2. The number of aromatic nitrogens is 1. The van der Waals surface area contributed by atoms with E-state index in [0.29, 0.717) is 33.7 Å². The van der Waals surface area contributed by atoms with E-state index in [1.807, 2.05) is 58.0 Å². The number of amides is 1. The van der Waals surface area contributed by atoms with Crippen LogP contribution in [0.25, 0.3) is 0 Å². The van der Waals surface area contributed by atoms with Crippen LogP contribution in [0.4, 0.5) is 10.8 Å². The monoisotopic (exact) mass is 552 g/mol.